The molecule has 1 fully saturated rings. The summed E-state index contributed by atoms with van der Waals surface area (Å²) in [5, 5.41) is 22.7. The molecule has 1 aliphatic rings. The molecular weight excluding hydrogens is 308 g/mol. The fourth-order valence-electron chi connectivity index (χ4n) is 2.99. The highest BCUT2D eigenvalue weighted by Crippen LogP contribution is 2.30. The van der Waals surface area contributed by atoms with E-state index in [2.05, 4.69) is 5.10 Å². The largest absolute Gasteiger partial charge is 0.490 e. The standard InChI is InChI=1S/C18H22N2O4/c21-12-14-6-5-13(11-17(14)24-15-3-1-2-4-15)16-7-9-20(19-16)10-8-18(22)23/h5-7,9,11,15,21H,1-4,8,10,12H2,(H,22,23). The molecule has 0 spiro atoms. The van der Waals surface area contributed by atoms with E-state index in [1.807, 2.05) is 24.3 Å². The highest BCUT2D eigenvalue weighted by Gasteiger charge is 2.18. The van der Waals surface area contributed by atoms with Crippen molar-refractivity contribution in [3.8, 4) is 17.0 Å². The van der Waals surface area contributed by atoms with Gasteiger partial charge in [0.15, 0.2) is 0 Å². The monoisotopic (exact) mass is 330 g/mol. The van der Waals surface area contributed by atoms with Gasteiger partial charge in [-0.05, 0) is 37.8 Å². The van der Waals surface area contributed by atoms with Crippen LogP contribution < -0.4 is 4.74 Å². The number of aliphatic hydroxyl groups is 1. The number of rotatable bonds is 7. The minimum absolute atomic E-state index is 0.0423. The quantitative estimate of drug-likeness (QED) is 0.815. The Bertz CT molecular complexity index is 705. The number of aliphatic carboxylic acids is 1. The number of hydrogen-bond acceptors (Lipinski definition) is 4. The van der Waals surface area contributed by atoms with Gasteiger partial charge in [-0.25, -0.2) is 0 Å². The van der Waals surface area contributed by atoms with Crippen LogP contribution in [0.1, 0.15) is 37.7 Å². The van der Waals surface area contributed by atoms with Crippen LogP contribution in [0.2, 0.25) is 0 Å². The maximum atomic E-state index is 10.6. The van der Waals surface area contributed by atoms with Gasteiger partial charge in [-0.15, -0.1) is 0 Å². The van der Waals surface area contributed by atoms with E-state index in [0.29, 0.717) is 12.3 Å². The number of carbonyl (C=O) groups is 1. The number of aromatic nitrogens is 2. The molecule has 6 nitrogen and oxygen atoms in total. The molecule has 0 radical (unpaired) electrons. The SMILES string of the molecule is O=C(O)CCn1ccc(-c2ccc(CO)c(OC3CCCC3)c2)n1. The number of hydrogen-bond donors (Lipinski definition) is 2. The topological polar surface area (TPSA) is 84.6 Å². The summed E-state index contributed by atoms with van der Waals surface area (Å²) in [6.07, 6.45) is 6.52. The van der Waals surface area contributed by atoms with Crippen LogP contribution >= 0.6 is 0 Å². The number of carboxylic acid groups (broad SMARTS) is 1. The van der Waals surface area contributed by atoms with Gasteiger partial charge in [0.1, 0.15) is 5.75 Å². The zero-order chi connectivity index (χ0) is 16.9. The van der Waals surface area contributed by atoms with Crippen LogP contribution in [0.25, 0.3) is 11.3 Å². The van der Waals surface area contributed by atoms with Crippen molar-refractivity contribution < 1.29 is 19.7 Å². The van der Waals surface area contributed by atoms with E-state index >= 15 is 0 Å². The average molecular weight is 330 g/mol. The first-order valence-electron chi connectivity index (χ1n) is 8.32. The average Bonchev–Trinajstić information content (AvgIpc) is 3.24. The maximum absolute atomic E-state index is 10.6. The lowest BCUT2D eigenvalue weighted by molar-refractivity contribution is -0.137. The van der Waals surface area contributed by atoms with Gasteiger partial charge < -0.3 is 14.9 Å². The second kappa shape index (κ2) is 7.49. The molecule has 1 aromatic heterocycles. The van der Waals surface area contributed by atoms with Gasteiger partial charge in [0.25, 0.3) is 0 Å². The molecule has 0 atom stereocenters. The first kappa shape index (κ1) is 16.5. The Morgan fingerprint density at radius 2 is 2.08 bits per heavy atom. The molecule has 1 saturated carbocycles. The van der Waals surface area contributed by atoms with E-state index < -0.39 is 5.97 Å². The van der Waals surface area contributed by atoms with Crippen LogP contribution in [0.5, 0.6) is 5.75 Å². The summed E-state index contributed by atoms with van der Waals surface area (Å²) < 4.78 is 7.70. The van der Waals surface area contributed by atoms with E-state index in [1.165, 1.54) is 12.8 Å². The molecule has 1 aromatic carbocycles. The van der Waals surface area contributed by atoms with Crippen LogP contribution in [0.3, 0.4) is 0 Å². The Hall–Kier alpha value is -2.34. The van der Waals surface area contributed by atoms with Crippen molar-refractivity contribution in [3.05, 3.63) is 36.0 Å². The van der Waals surface area contributed by atoms with Crippen molar-refractivity contribution in [3.63, 3.8) is 0 Å². The molecule has 0 unspecified atom stereocenters. The number of aliphatic hydroxyl groups excluding tert-OH is 1. The van der Waals surface area contributed by atoms with Crippen molar-refractivity contribution in [1.29, 1.82) is 0 Å². The molecule has 6 heteroatoms. The highest BCUT2D eigenvalue weighted by molar-refractivity contribution is 5.66. The molecule has 0 saturated heterocycles. The van der Waals surface area contributed by atoms with Crippen LogP contribution in [0.4, 0.5) is 0 Å². The first-order chi connectivity index (χ1) is 11.7. The Labute approximate surface area is 140 Å². The second-order valence-electron chi connectivity index (χ2n) is 6.11. The summed E-state index contributed by atoms with van der Waals surface area (Å²) in [5.74, 6) is -0.131. The van der Waals surface area contributed by atoms with Crippen molar-refractivity contribution in [2.75, 3.05) is 0 Å². The molecule has 1 heterocycles. The van der Waals surface area contributed by atoms with E-state index in [0.717, 1.165) is 29.7 Å². The molecule has 0 amide bonds. The number of benzene rings is 1. The Balaban J connectivity index is 1.78. The van der Waals surface area contributed by atoms with Gasteiger partial charge in [-0.3, -0.25) is 9.48 Å². The minimum Gasteiger partial charge on any atom is -0.490 e. The van der Waals surface area contributed by atoms with Gasteiger partial charge in [0.05, 0.1) is 31.4 Å². The third-order valence-corrected chi connectivity index (χ3v) is 4.32. The van der Waals surface area contributed by atoms with Crippen LogP contribution in [-0.4, -0.2) is 32.1 Å². The molecule has 0 bridgehead atoms. The van der Waals surface area contributed by atoms with Gasteiger partial charge >= 0.3 is 5.97 Å². The molecule has 128 valence electrons. The predicted octanol–water partition coefficient (Wildman–Crippen LogP) is 2.84. The Morgan fingerprint density at radius 1 is 1.29 bits per heavy atom. The zero-order valence-corrected chi connectivity index (χ0v) is 13.5. The van der Waals surface area contributed by atoms with Crippen molar-refractivity contribution >= 4 is 5.97 Å². The summed E-state index contributed by atoms with van der Waals surface area (Å²) in [6.45, 7) is 0.283. The minimum atomic E-state index is -0.841. The Morgan fingerprint density at radius 3 is 2.79 bits per heavy atom. The molecule has 2 N–H and O–H groups in total. The van der Waals surface area contributed by atoms with Gasteiger partial charge in [0.2, 0.25) is 0 Å². The lowest BCUT2D eigenvalue weighted by Crippen LogP contribution is -2.12. The molecule has 3 rings (SSSR count). The van der Waals surface area contributed by atoms with Crippen molar-refractivity contribution in [2.45, 2.75) is 51.4 Å². The van der Waals surface area contributed by atoms with Gasteiger partial charge in [0, 0.05) is 17.3 Å². The number of carboxylic acids is 1. The van der Waals surface area contributed by atoms with Crippen LogP contribution in [0, 0.1) is 0 Å². The normalized spacial score (nSPS) is 14.9. The summed E-state index contributed by atoms with van der Waals surface area (Å²) in [7, 11) is 0. The van der Waals surface area contributed by atoms with Crippen molar-refractivity contribution in [1.82, 2.24) is 9.78 Å². The first-order valence-corrected chi connectivity index (χ1v) is 8.32. The Kier molecular flexibility index (Phi) is 5.15. The fraction of sp³-hybridized carbons (Fsp3) is 0.444. The fourth-order valence-corrected chi connectivity index (χ4v) is 2.99. The molecule has 24 heavy (non-hydrogen) atoms. The van der Waals surface area contributed by atoms with Gasteiger partial charge in [-0.2, -0.15) is 5.10 Å². The van der Waals surface area contributed by atoms with Crippen LogP contribution in [-0.2, 0) is 17.9 Å². The maximum Gasteiger partial charge on any atom is 0.305 e. The molecule has 1 aliphatic carbocycles. The van der Waals surface area contributed by atoms with E-state index in [9.17, 15) is 9.90 Å². The third kappa shape index (κ3) is 3.94. The number of nitrogens with zero attached hydrogens (tertiary/aromatic N) is 2. The molecule has 0 aliphatic heterocycles. The van der Waals surface area contributed by atoms with Crippen LogP contribution in [0.15, 0.2) is 30.5 Å². The highest BCUT2D eigenvalue weighted by atomic mass is 16.5. The van der Waals surface area contributed by atoms with E-state index in [-0.39, 0.29) is 19.1 Å². The number of aryl methyl sites for hydroxylation is 1. The molecule has 2 aromatic rings. The van der Waals surface area contributed by atoms with Crippen molar-refractivity contribution in [2.24, 2.45) is 0 Å². The molecular formula is C18H22N2O4. The predicted molar refractivity (Wildman–Crippen MR) is 88.7 cm³/mol. The van der Waals surface area contributed by atoms with E-state index in [1.54, 1.807) is 10.9 Å². The summed E-state index contributed by atoms with van der Waals surface area (Å²) in [6, 6.07) is 7.52. The van der Waals surface area contributed by atoms with Gasteiger partial charge in [-0.1, -0.05) is 12.1 Å². The number of ether oxygens (including phenoxy) is 1. The third-order valence-electron chi connectivity index (χ3n) is 4.32. The summed E-state index contributed by atoms with van der Waals surface area (Å²) in [5.41, 5.74) is 2.44. The second-order valence-corrected chi connectivity index (χ2v) is 6.11. The summed E-state index contributed by atoms with van der Waals surface area (Å²) in [4.78, 5) is 10.6. The zero-order valence-electron chi connectivity index (χ0n) is 13.5. The lowest BCUT2D eigenvalue weighted by atomic mass is 10.1. The smallest absolute Gasteiger partial charge is 0.305 e. The summed E-state index contributed by atoms with van der Waals surface area (Å²) >= 11 is 0. The van der Waals surface area contributed by atoms with E-state index in [4.69, 9.17) is 9.84 Å². The lowest BCUT2D eigenvalue weighted by Gasteiger charge is -2.16.